The molecule has 0 aromatic rings. The number of nitrogens with one attached hydrogen (secondary N) is 1. The molecule has 0 aromatic carbocycles. The van der Waals surface area contributed by atoms with E-state index < -0.39 is 49.5 Å². The average Bonchev–Trinajstić information content (AvgIpc) is 1.33. The lowest BCUT2D eigenvalue weighted by Gasteiger charge is -2.40. The standard InChI is InChI=1S/C82H141NO8/c1-3-5-7-9-11-13-15-17-19-21-23-25-27-29-31-33-34-35-36-37-38-39-40-41-42-44-46-48-50-52-54-56-58-60-62-64-66-68-70-72-78(86)83-75(74-90-82-81(89)80(88)79(87)77(73-84)91-82)76(85)71-69-67-65-63-61-59-57-55-53-51-49-47-45-43-32-30-28-26-24-22-20-18-16-14-12-10-8-6-4-2/h5,7,11,13,17,19,23,25,29,31,34-35,37-38,40-41,44,46,61,63,69,71,75-77,79-82,84-85,87-89H,3-4,6,8-10,12,14-16,18,20-22,24,26-28,30,32-33,36,39,42-43,45,47-60,62,64-68,70,72-74H2,1-2H3,(H,83,86)/b7-5-,13-11-,19-17-,25-23-,31-29-,35-34-,38-37-,41-40-,46-44-,63-61+,71-69+. The summed E-state index contributed by atoms with van der Waals surface area (Å²) in [7, 11) is 0. The Kier molecular flexibility index (Phi) is 64.9. The highest BCUT2D eigenvalue weighted by Gasteiger charge is 2.44. The van der Waals surface area contributed by atoms with Crippen molar-refractivity contribution in [3.63, 3.8) is 0 Å². The predicted octanol–water partition coefficient (Wildman–Crippen LogP) is 21.5. The molecule has 6 N–H and O–H groups in total. The minimum absolute atomic E-state index is 0.192. The smallest absolute Gasteiger partial charge is 0.220 e. The molecule has 1 rings (SSSR count). The molecule has 0 bridgehead atoms. The maximum atomic E-state index is 13.2. The molecule has 0 aromatic heterocycles. The van der Waals surface area contributed by atoms with Gasteiger partial charge in [0.25, 0.3) is 0 Å². The third-order valence-corrected chi connectivity index (χ3v) is 17.2. The van der Waals surface area contributed by atoms with E-state index in [1.807, 2.05) is 6.08 Å². The van der Waals surface area contributed by atoms with Crippen molar-refractivity contribution >= 4 is 5.91 Å². The molecule has 91 heavy (non-hydrogen) atoms. The molecule has 1 aliphatic heterocycles. The Morgan fingerprint density at radius 2 is 0.692 bits per heavy atom. The molecule has 0 aliphatic carbocycles. The monoisotopic (exact) mass is 1270 g/mol. The maximum absolute atomic E-state index is 13.2. The van der Waals surface area contributed by atoms with Crippen LogP contribution in [0.3, 0.4) is 0 Å². The van der Waals surface area contributed by atoms with Crippen LogP contribution in [0, 0.1) is 0 Å². The number of carbonyl (C=O) groups excluding carboxylic acids is 1. The number of amides is 1. The molecule has 1 fully saturated rings. The van der Waals surface area contributed by atoms with Crippen LogP contribution in [-0.2, 0) is 14.3 Å². The van der Waals surface area contributed by atoms with E-state index >= 15 is 0 Å². The van der Waals surface area contributed by atoms with Gasteiger partial charge in [-0.3, -0.25) is 4.79 Å². The first kappa shape index (κ1) is 85.3. The van der Waals surface area contributed by atoms with Gasteiger partial charge in [0.15, 0.2) is 6.29 Å². The summed E-state index contributed by atoms with van der Waals surface area (Å²) >= 11 is 0. The van der Waals surface area contributed by atoms with Crippen molar-refractivity contribution in [3.05, 3.63) is 134 Å². The molecule has 0 spiro atoms. The molecule has 9 heteroatoms. The number of carbonyl (C=O) groups is 1. The lowest BCUT2D eigenvalue weighted by molar-refractivity contribution is -0.302. The summed E-state index contributed by atoms with van der Waals surface area (Å²) in [4.78, 5) is 13.2. The molecule has 1 amide bonds. The second-order valence-electron chi connectivity index (χ2n) is 25.7. The number of hydrogen-bond acceptors (Lipinski definition) is 8. The summed E-state index contributed by atoms with van der Waals surface area (Å²) in [6, 6.07) is -0.834. The van der Waals surface area contributed by atoms with Crippen LogP contribution in [0.15, 0.2) is 134 Å². The normalized spacial score (nSPS) is 18.5. The first-order valence-electron chi connectivity index (χ1n) is 37.9. The highest BCUT2D eigenvalue weighted by molar-refractivity contribution is 5.76. The summed E-state index contributed by atoms with van der Waals surface area (Å²) in [5.41, 5.74) is 0. The van der Waals surface area contributed by atoms with Gasteiger partial charge in [-0.25, -0.2) is 0 Å². The van der Waals surface area contributed by atoms with Gasteiger partial charge in [-0.05, 0) is 103 Å². The van der Waals surface area contributed by atoms with E-state index in [1.54, 1.807) is 6.08 Å². The van der Waals surface area contributed by atoms with Crippen LogP contribution in [0.2, 0.25) is 0 Å². The maximum Gasteiger partial charge on any atom is 0.220 e. The van der Waals surface area contributed by atoms with Crippen molar-refractivity contribution in [2.24, 2.45) is 0 Å². The van der Waals surface area contributed by atoms with Crippen LogP contribution in [0.1, 0.15) is 322 Å². The molecule has 0 saturated carbocycles. The van der Waals surface area contributed by atoms with E-state index in [-0.39, 0.29) is 12.5 Å². The lowest BCUT2D eigenvalue weighted by Crippen LogP contribution is -2.60. The van der Waals surface area contributed by atoms with Gasteiger partial charge in [-0.15, -0.1) is 0 Å². The lowest BCUT2D eigenvalue weighted by atomic mass is 9.99. The van der Waals surface area contributed by atoms with Crippen LogP contribution in [0.5, 0.6) is 0 Å². The van der Waals surface area contributed by atoms with Gasteiger partial charge in [0.1, 0.15) is 24.4 Å². The minimum atomic E-state index is -1.58. The fourth-order valence-electron chi connectivity index (χ4n) is 11.3. The first-order chi connectivity index (χ1) is 44.8. The zero-order chi connectivity index (χ0) is 65.7. The molecule has 7 atom stereocenters. The summed E-state index contributed by atoms with van der Waals surface area (Å²) in [5, 5.41) is 54.8. The van der Waals surface area contributed by atoms with Crippen molar-refractivity contribution in [1.29, 1.82) is 0 Å². The van der Waals surface area contributed by atoms with E-state index in [1.165, 1.54) is 193 Å². The Morgan fingerprint density at radius 3 is 1.05 bits per heavy atom. The van der Waals surface area contributed by atoms with Crippen molar-refractivity contribution in [3.8, 4) is 0 Å². The molecule has 522 valence electrons. The Labute approximate surface area is 560 Å². The highest BCUT2D eigenvalue weighted by Crippen LogP contribution is 2.23. The molecule has 1 saturated heterocycles. The number of aliphatic hydroxyl groups is 5. The summed E-state index contributed by atoms with van der Waals surface area (Å²) in [6.45, 7) is 3.68. The number of hydrogen-bond donors (Lipinski definition) is 6. The van der Waals surface area contributed by atoms with Crippen LogP contribution >= 0.6 is 0 Å². The number of allylic oxidation sites excluding steroid dienone is 21. The van der Waals surface area contributed by atoms with Gasteiger partial charge in [0.05, 0.1) is 25.4 Å². The fourth-order valence-corrected chi connectivity index (χ4v) is 11.3. The molecule has 9 nitrogen and oxygen atoms in total. The topological polar surface area (TPSA) is 149 Å². The summed E-state index contributed by atoms with van der Waals surface area (Å²) in [6.07, 6.45) is 98.6. The van der Waals surface area contributed by atoms with Crippen LogP contribution in [-0.4, -0.2) is 87.5 Å². The minimum Gasteiger partial charge on any atom is -0.394 e. The van der Waals surface area contributed by atoms with Crippen molar-refractivity contribution in [1.82, 2.24) is 5.32 Å². The van der Waals surface area contributed by atoms with Crippen molar-refractivity contribution < 1.29 is 39.8 Å². The zero-order valence-electron chi connectivity index (χ0n) is 58.6. The Morgan fingerprint density at radius 1 is 0.385 bits per heavy atom. The van der Waals surface area contributed by atoms with Gasteiger partial charge in [0, 0.05) is 6.42 Å². The second kappa shape index (κ2) is 69.2. The number of ether oxygens (including phenoxy) is 2. The van der Waals surface area contributed by atoms with Gasteiger partial charge in [-0.1, -0.05) is 347 Å². The third kappa shape index (κ3) is 57.5. The van der Waals surface area contributed by atoms with E-state index in [9.17, 15) is 30.3 Å². The van der Waals surface area contributed by atoms with Gasteiger partial charge in [0.2, 0.25) is 5.91 Å². The van der Waals surface area contributed by atoms with Crippen molar-refractivity contribution in [2.75, 3.05) is 13.2 Å². The Bertz CT molecular complexity index is 1910. The van der Waals surface area contributed by atoms with Crippen LogP contribution in [0.25, 0.3) is 0 Å². The quantitative estimate of drug-likeness (QED) is 0.0261. The van der Waals surface area contributed by atoms with Gasteiger partial charge < -0.3 is 40.3 Å². The third-order valence-electron chi connectivity index (χ3n) is 17.2. The van der Waals surface area contributed by atoms with Crippen LogP contribution < -0.4 is 5.32 Å². The summed E-state index contributed by atoms with van der Waals surface area (Å²) in [5.74, 6) is -0.192. The molecule has 0 radical (unpaired) electrons. The largest absolute Gasteiger partial charge is 0.394 e. The molecular formula is C82H141NO8. The Balaban J connectivity index is 2.14. The number of aliphatic hydroxyl groups excluding tert-OH is 5. The fraction of sp³-hybridized carbons (Fsp3) is 0.720. The SMILES string of the molecule is CC/C=C\C/C=C\C/C=C\C/C=C\C/C=C\C/C=C\C/C=C\C/C=C\C/C=C\CCCCCCCCCCCCCC(=O)NC(COC1OC(CO)C(O)C(O)C1O)C(O)/C=C/CC/C=C/CCCCCCCCCCCCCCCCCCCCCCCCC. The predicted molar refractivity (Wildman–Crippen MR) is 391 cm³/mol. The zero-order valence-corrected chi connectivity index (χ0v) is 58.6. The van der Waals surface area contributed by atoms with E-state index in [4.69, 9.17) is 9.47 Å². The van der Waals surface area contributed by atoms with Gasteiger partial charge in [-0.2, -0.15) is 0 Å². The van der Waals surface area contributed by atoms with E-state index in [0.717, 1.165) is 109 Å². The number of unbranched alkanes of at least 4 members (excludes halogenated alkanes) is 35. The average molecular weight is 1270 g/mol. The first-order valence-corrected chi connectivity index (χ1v) is 37.9. The Hall–Kier alpha value is -3.67. The number of rotatable bonds is 65. The molecular weight excluding hydrogens is 1130 g/mol. The van der Waals surface area contributed by atoms with Crippen LogP contribution in [0.4, 0.5) is 0 Å². The van der Waals surface area contributed by atoms with Gasteiger partial charge >= 0.3 is 0 Å². The van der Waals surface area contributed by atoms with E-state index in [0.29, 0.717) is 6.42 Å². The molecule has 1 heterocycles. The second-order valence-corrected chi connectivity index (χ2v) is 25.7. The van der Waals surface area contributed by atoms with Crippen molar-refractivity contribution in [2.45, 2.75) is 365 Å². The van der Waals surface area contributed by atoms with E-state index in [2.05, 4.69) is 141 Å². The molecule has 1 aliphatic rings. The highest BCUT2D eigenvalue weighted by atomic mass is 16.7. The molecule has 7 unspecified atom stereocenters. The summed E-state index contributed by atoms with van der Waals surface area (Å²) < 4.78 is 11.3.